The fourth-order valence-corrected chi connectivity index (χ4v) is 2.79. The summed E-state index contributed by atoms with van der Waals surface area (Å²) in [4.78, 5) is 12.0. The minimum Gasteiger partial charge on any atom is -0.484 e. The topological polar surface area (TPSA) is 47.6 Å². The third kappa shape index (κ3) is 5.91. The molecule has 3 aromatic rings. The fourth-order valence-electron chi connectivity index (χ4n) is 2.31. The van der Waals surface area contributed by atoms with Crippen molar-refractivity contribution in [3.63, 3.8) is 0 Å². The van der Waals surface area contributed by atoms with E-state index < -0.39 is 0 Å². The molecule has 0 aliphatic heterocycles. The Hall–Kier alpha value is -2.69. The lowest BCUT2D eigenvalue weighted by atomic mass is 10.2. The molecule has 0 spiro atoms. The van der Waals surface area contributed by atoms with Crippen LogP contribution in [0.25, 0.3) is 0 Å². The Morgan fingerprint density at radius 2 is 1.59 bits per heavy atom. The highest BCUT2D eigenvalue weighted by atomic mass is 35.5. The largest absolute Gasteiger partial charge is 0.484 e. The van der Waals surface area contributed by atoms with Crippen molar-refractivity contribution in [3.05, 3.63) is 88.4 Å². The Balaban J connectivity index is 1.50. The van der Waals surface area contributed by atoms with Crippen molar-refractivity contribution >= 4 is 29.1 Å². The van der Waals surface area contributed by atoms with E-state index in [2.05, 4.69) is 5.32 Å². The molecular weight excluding hydrogens is 385 g/mol. The number of rotatable bonds is 7. The molecule has 0 saturated carbocycles. The first kappa shape index (κ1) is 19.1. The summed E-state index contributed by atoms with van der Waals surface area (Å²) in [7, 11) is 0. The zero-order valence-electron chi connectivity index (χ0n) is 14.3. The summed E-state index contributed by atoms with van der Waals surface area (Å²) in [5.74, 6) is 1.65. The van der Waals surface area contributed by atoms with Crippen LogP contribution < -0.4 is 14.8 Å². The molecule has 3 rings (SSSR count). The molecule has 0 aromatic heterocycles. The van der Waals surface area contributed by atoms with E-state index in [1.807, 2.05) is 36.4 Å². The minimum atomic E-state index is -0.254. The van der Waals surface area contributed by atoms with Crippen molar-refractivity contribution in [1.82, 2.24) is 5.32 Å². The van der Waals surface area contributed by atoms with E-state index in [1.54, 1.807) is 36.4 Å². The second-order valence-corrected chi connectivity index (χ2v) is 6.53. The molecule has 0 fully saturated rings. The number of amides is 1. The van der Waals surface area contributed by atoms with Crippen LogP contribution in [0.3, 0.4) is 0 Å². The van der Waals surface area contributed by atoms with Crippen LogP contribution in [0.4, 0.5) is 0 Å². The average Bonchev–Trinajstić information content (AvgIpc) is 2.67. The number of hydrogen-bond donors (Lipinski definition) is 1. The Morgan fingerprint density at radius 3 is 2.37 bits per heavy atom. The monoisotopic (exact) mass is 401 g/mol. The summed E-state index contributed by atoms with van der Waals surface area (Å²) < 4.78 is 11.3. The first-order chi connectivity index (χ1) is 13.1. The molecule has 4 nitrogen and oxygen atoms in total. The summed E-state index contributed by atoms with van der Waals surface area (Å²) in [6, 6.07) is 21.7. The Kier molecular flexibility index (Phi) is 6.58. The van der Waals surface area contributed by atoms with E-state index in [9.17, 15) is 4.79 Å². The molecule has 1 amide bonds. The maximum Gasteiger partial charge on any atom is 0.258 e. The molecule has 0 heterocycles. The van der Waals surface area contributed by atoms with E-state index in [0.29, 0.717) is 28.1 Å². The molecule has 138 valence electrons. The molecule has 0 aliphatic rings. The highest BCUT2D eigenvalue weighted by molar-refractivity contribution is 6.35. The van der Waals surface area contributed by atoms with E-state index in [-0.39, 0.29) is 12.5 Å². The van der Waals surface area contributed by atoms with Crippen molar-refractivity contribution in [2.45, 2.75) is 6.54 Å². The number of carbonyl (C=O) groups excluding carboxylic acids is 1. The van der Waals surface area contributed by atoms with Gasteiger partial charge in [0, 0.05) is 22.7 Å². The van der Waals surface area contributed by atoms with Gasteiger partial charge in [-0.15, -0.1) is 0 Å². The molecule has 0 unspecified atom stereocenters. The van der Waals surface area contributed by atoms with Gasteiger partial charge in [0.15, 0.2) is 6.61 Å². The molecule has 0 aliphatic carbocycles. The number of benzene rings is 3. The summed E-state index contributed by atoms with van der Waals surface area (Å²) in [5, 5.41) is 3.82. The number of para-hydroxylation sites is 1. The van der Waals surface area contributed by atoms with Gasteiger partial charge in [0.05, 0.1) is 0 Å². The molecule has 0 radical (unpaired) electrons. The van der Waals surface area contributed by atoms with Crippen LogP contribution >= 0.6 is 23.2 Å². The summed E-state index contributed by atoms with van der Waals surface area (Å²) >= 11 is 11.9. The zero-order valence-corrected chi connectivity index (χ0v) is 15.8. The zero-order chi connectivity index (χ0) is 19.1. The van der Waals surface area contributed by atoms with Crippen molar-refractivity contribution in [1.29, 1.82) is 0 Å². The predicted molar refractivity (Wildman–Crippen MR) is 107 cm³/mol. The average molecular weight is 402 g/mol. The van der Waals surface area contributed by atoms with Gasteiger partial charge in [0.2, 0.25) is 0 Å². The summed E-state index contributed by atoms with van der Waals surface area (Å²) in [6.45, 7) is 0.190. The fraction of sp³-hybridized carbons (Fsp3) is 0.0952. The standard InChI is InChI=1S/C21H17Cl2NO3/c22-16-10-9-15(20(23)11-16)13-24-21(25)14-26-18-7-4-8-19(12-18)27-17-5-2-1-3-6-17/h1-12H,13-14H2,(H,24,25). The van der Waals surface area contributed by atoms with Crippen LogP contribution in [0, 0.1) is 0 Å². The Bertz CT molecular complexity index is 916. The highest BCUT2D eigenvalue weighted by Gasteiger charge is 2.07. The van der Waals surface area contributed by atoms with Gasteiger partial charge in [-0.25, -0.2) is 0 Å². The molecule has 0 saturated heterocycles. The maximum absolute atomic E-state index is 12.0. The maximum atomic E-state index is 12.0. The molecule has 0 bridgehead atoms. The lowest BCUT2D eigenvalue weighted by molar-refractivity contribution is -0.123. The molecule has 27 heavy (non-hydrogen) atoms. The number of nitrogens with one attached hydrogen (secondary N) is 1. The van der Waals surface area contributed by atoms with Crippen molar-refractivity contribution in [3.8, 4) is 17.2 Å². The van der Waals surface area contributed by atoms with E-state index in [0.717, 1.165) is 11.3 Å². The molecule has 1 N–H and O–H groups in total. The number of halogens is 2. The lowest BCUT2D eigenvalue weighted by Gasteiger charge is -2.10. The summed E-state index contributed by atoms with van der Waals surface area (Å²) in [5.41, 5.74) is 0.785. The minimum absolute atomic E-state index is 0.111. The molecule has 6 heteroatoms. The quantitative estimate of drug-likeness (QED) is 0.569. The smallest absolute Gasteiger partial charge is 0.258 e. The third-order valence-electron chi connectivity index (χ3n) is 3.65. The first-order valence-corrected chi connectivity index (χ1v) is 9.02. The van der Waals surface area contributed by atoms with E-state index in [1.165, 1.54) is 0 Å². The van der Waals surface area contributed by atoms with Crippen LogP contribution in [0.5, 0.6) is 17.2 Å². The second kappa shape index (κ2) is 9.31. The second-order valence-electron chi connectivity index (χ2n) is 5.69. The van der Waals surface area contributed by atoms with Gasteiger partial charge < -0.3 is 14.8 Å². The number of carbonyl (C=O) groups is 1. The molecule has 3 aromatic carbocycles. The van der Waals surface area contributed by atoms with Gasteiger partial charge in [-0.2, -0.15) is 0 Å². The van der Waals surface area contributed by atoms with Crippen LogP contribution in [0.2, 0.25) is 10.0 Å². The van der Waals surface area contributed by atoms with E-state index >= 15 is 0 Å². The first-order valence-electron chi connectivity index (χ1n) is 8.26. The van der Waals surface area contributed by atoms with Gasteiger partial charge in [-0.1, -0.05) is 53.5 Å². The van der Waals surface area contributed by atoms with Crippen LogP contribution in [0.1, 0.15) is 5.56 Å². The van der Waals surface area contributed by atoms with Gasteiger partial charge in [0.1, 0.15) is 17.2 Å². The molecule has 0 atom stereocenters. The Labute approximate surface area is 167 Å². The van der Waals surface area contributed by atoms with Crippen molar-refractivity contribution < 1.29 is 14.3 Å². The third-order valence-corrected chi connectivity index (χ3v) is 4.23. The summed E-state index contributed by atoms with van der Waals surface area (Å²) in [6.07, 6.45) is 0. The predicted octanol–water partition coefficient (Wildman–Crippen LogP) is 5.48. The van der Waals surface area contributed by atoms with Crippen LogP contribution in [0.15, 0.2) is 72.8 Å². The van der Waals surface area contributed by atoms with Crippen LogP contribution in [-0.4, -0.2) is 12.5 Å². The van der Waals surface area contributed by atoms with E-state index in [4.69, 9.17) is 32.7 Å². The Morgan fingerprint density at radius 1 is 0.852 bits per heavy atom. The molecular formula is C21H17Cl2NO3. The van der Waals surface area contributed by atoms with Gasteiger partial charge >= 0.3 is 0 Å². The number of ether oxygens (including phenoxy) is 2. The van der Waals surface area contributed by atoms with Gasteiger partial charge in [0.25, 0.3) is 5.91 Å². The van der Waals surface area contributed by atoms with Crippen molar-refractivity contribution in [2.75, 3.05) is 6.61 Å². The van der Waals surface area contributed by atoms with Crippen molar-refractivity contribution in [2.24, 2.45) is 0 Å². The highest BCUT2D eigenvalue weighted by Crippen LogP contribution is 2.25. The normalized spacial score (nSPS) is 10.3. The van der Waals surface area contributed by atoms with Gasteiger partial charge in [-0.3, -0.25) is 4.79 Å². The number of hydrogen-bond acceptors (Lipinski definition) is 3. The van der Waals surface area contributed by atoms with Gasteiger partial charge in [-0.05, 0) is 42.0 Å². The SMILES string of the molecule is O=C(COc1cccc(Oc2ccccc2)c1)NCc1ccc(Cl)cc1Cl. The lowest BCUT2D eigenvalue weighted by Crippen LogP contribution is -2.28. The van der Waals surface area contributed by atoms with Crippen LogP contribution in [-0.2, 0) is 11.3 Å².